The van der Waals surface area contributed by atoms with Gasteiger partial charge in [-0.3, -0.25) is 4.79 Å². The van der Waals surface area contributed by atoms with Gasteiger partial charge in [0.05, 0.1) is 19.2 Å². The zero-order valence-electron chi connectivity index (χ0n) is 7.59. The Morgan fingerprint density at radius 1 is 1.71 bits per heavy atom. The Kier molecular flexibility index (Phi) is 2.20. The lowest BCUT2D eigenvalue weighted by Crippen LogP contribution is -2.37. The van der Waals surface area contributed by atoms with Crippen molar-refractivity contribution in [3.8, 4) is 0 Å². The van der Waals surface area contributed by atoms with E-state index in [1.165, 1.54) is 0 Å². The predicted octanol–water partition coefficient (Wildman–Crippen LogP) is -0.132. The molecule has 6 heteroatoms. The highest BCUT2D eigenvalue weighted by Gasteiger charge is 2.39. The lowest BCUT2D eigenvalue weighted by Gasteiger charge is -2.24. The molecule has 1 fully saturated rings. The Morgan fingerprint density at radius 2 is 2.57 bits per heavy atom. The molecular formula is C8H11N3O3. The van der Waals surface area contributed by atoms with Crippen molar-refractivity contribution in [1.29, 1.82) is 0 Å². The van der Waals surface area contributed by atoms with Crippen molar-refractivity contribution in [2.75, 3.05) is 13.2 Å². The molecule has 2 heterocycles. The van der Waals surface area contributed by atoms with Gasteiger partial charge in [0.25, 0.3) is 0 Å². The molecule has 0 aromatic carbocycles. The van der Waals surface area contributed by atoms with E-state index in [1.54, 1.807) is 17.1 Å². The molecule has 6 nitrogen and oxygen atoms in total. The van der Waals surface area contributed by atoms with Gasteiger partial charge in [-0.2, -0.15) is 0 Å². The van der Waals surface area contributed by atoms with Crippen LogP contribution in [0.5, 0.6) is 0 Å². The van der Waals surface area contributed by atoms with Crippen molar-refractivity contribution < 1.29 is 14.6 Å². The molecule has 0 bridgehead atoms. The smallest absolute Gasteiger partial charge is 0.305 e. The average Bonchev–Trinajstić information content (AvgIpc) is 2.69. The third kappa shape index (κ3) is 1.48. The molecule has 1 saturated heterocycles. The second kappa shape index (κ2) is 3.38. The SMILES string of the molecule is O=C(O)CC1(n2ccnn2)CCOC1. The number of carboxylic acids is 1. The van der Waals surface area contributed by atoms with E-state index in [9.17, 15) is 4.79 Å². The molecule has 2 rings (SSSR count). The number of hydrogen-bond acceptors (Lipinski definition) is 4. The minimum Gasteiger partial charge on any atom is -0.481 e. The molecule has 1 unspecified atom stereocenters. The van der Waals surface area contributed by atoms with Crippen LogP contribution in [0.3, 0.4) is 0 Å². The number of hydrogen-bond donors (Lipinski definition) is 1. The van der Waals surface area contributed by atoms with E-state index >= 15 is 0 Å². The Bertz CT molecular complexity index is 317. The monoisotopic (exact) mass is 197 g/mol. The van der Waals surface area contributed by atoms with Crippen LogP contribution >= 0.6 is 0 Å². The van der Waals surface area contributed by atoms with Crippen LogP contribution in [0.25, 0.3) is 0 Å². The van der Waals surface area contributed by atoms with Gasteiger partial charge in [-0.05, 0) is 6.42 Å². The molecule has 1 aromatic rings. The predicted molar refractivity (Wildman–Crippen MR) is 45.7 cm³/mol. The van der Waals surface area contributed by atoms with Crippen LogP contribution in [0.4, 0.5) is 0 Å². The number of rotatable bonds is 3. The largest absolute Gasteiger partial charge is 0.481 e. The van der Waals surface area contributed by atoms with Crippen molar-refractivity contribution in [2.45, 2.75) is 18.4 Å². The molecule has 1 aromatic heterocycles. The first-order valence-corrected chi connectivity index (χ1v) is 4.39. The topological polar surface area (TPSA) is 77.2 Å². The van der Waals surface area contributed by atoms with Crippen molar-refractivity contribution in [3.05, 3.63) is 12.4 Å². The van der Waals surface area contributed by atoms with Gasteiger partial charge < -0.3 is 9.84 Å². The third-order valence-electron chi connectivity index (χ3n) is 2.47. The fourth-order valence-corrected chi connectivity index (χ4v) is 1.74. The van der Waals surface area contributed by atoms with Crippen LogP contribution < -0.4 is 0 Å². The molecule has 0 amide bonds. The summed E-state index contributed by atoms with van der Waals surface area (Å²) in [5, 5.41) is 16.4. The quantitative estimate of drug-likeness (QED) is 0.730. The van der Waals surface area contributed by atoms with E-state index in [1.807, 2.05) is 0 Å². The number of ether oxygens (including phenoxy) is 1. The second-order valence-electron chi connectivity index (χ2n) is 3.45. The fraction of sp³-hybridized carbons (Fsp3) is 0.625. The highest BCUT2D eigenvalue weighted by Crippen LogP contribution is 2.29. The van der Waals surface area contributed by atoms with Gasteiger partial charge in [0.1, 0.15) is 5.54 Å². The number of aliphatic carboxylic acids is 1. The van der Waals surface area contributed by atoms with Gasteiger partial charge in [-0.25, -0.2) is 4.68 Å². The minimum absolute atomic E-state index is 0.0242. The Hall–Kier alpha value is -1.43. The second-order valence-corrected chi connectivity index (χ2v) is 3.45. The van der Waals surface area contributed by atoms with Crippen LogP contribution in [0, 0.1) is 0 Å². The number of aromatic nitrogens is 3. The van der Waals surface area contributed by atoms with Gasteiger partial charge in [-0.1, -0.05) is 5.21 Å². The highest BCUT2D eigenvalue weighted by atomic mass is 16.5. The molecular weight excluding hydrogens is 186 g/mol. The maximum atomic E-state index is 10.7. The van der Waals surface area contributed by atoms with Gasteiger partial charge in [0.15, 0.2) is 0 Å². The molecule has 76 valence electrons. The average molecular weight is 197 g/mol. The van der Waals surface area contributed by atoms with Crippen molar-refractivity contribution in [3.63, 3.8) is 0 Å². The van der Waals surface area contributed by atoms with E-state index in [-0.39, 0.29) is 6.42 Å². The minimum atomic E-state index is -0.842. The lowest BCUT2D eigenvalue weighted by atomic mass is 9.95. The van der Waals surface area contributed by atoms with Gasteiger partial charge in [-0.15, -0.1) is 5.10 Å². The molecule has 1 atom stereocenters. The first-order chi connectivity index (χ1) is 6.73. The maximum Gasteiger partial charge on any atom is 0.305 e. The summed E-state index contributed by atoms with van der Waals surface area (Å²) in [6.07, 6.45) is 3.92. The number of carbonyl (C=O) groups is 1. The Labute approximate surface area is 80.5 Å². The number of carboxylic acid groups (broad SMARTS) is 1. The fourth-order valence-electron chi connectivity index (χ4n) is 1.74. The first-order valence-electron chi connectivity index (χ1n) is 4.39. The lowest BCUT2D eigenvalue weighted by molar-refractivity contribution is -0.139. The normalized spacial score (nSPS) is 26.6. The summed E-state index contributed by atoms with van der Waals surface area (Å²) in [5.74, 6) is -0.842. The molecule has 1 aliphatic heterocycles. The molecule has 1 N–H and O–H groups in total. The number of nitrogens with zero attached hydrogens (tertiary/aromatic N) is 3. The zero-order valence-corrected chi connectivity index (χ0v) is 7.59. The first kappa shape index (κ1) is 9.14. The van der Waals surface area contributed by atoms with E-state index in [0.29, 0.717) is 19.6 Å². The van der Waals surface area contributed by atoms with Gasteiger partial charge >= 0.3 is 5.97 Å². The summed E-state index contributed by atoms with van der Waals surface area (Å²) in [5.41, 5.74) is -0.539. The van der Waals surface area contributed by atoms with Gasteiger partial charge in [0, 0.05) is 12.8 Å². The Balaban J connectivity index is 2.26. The van der Waals surface area contributed by atoms with Crippen molar-refractivity contribution in [1.82, 2.24) is 15.0 Å². The molecule has 14 heavy (non-hydrogen) atoms. The van der Waals surface area contributed by atoms with Crippen molar-refractivity contribution in [2.24, 2.45) is 0 Å². The Morgan fingerprint density at radius 3 is 3.07 bits per heavy atom. The molecule has 0 spiro atoms. The van der Waals surface area contributed by atoms with E-state index < -0.39 is 11.5 Å². The summed E-state index contributed by atoms with van der Waals surface area (Å²) in [7, 11) is 0. The van der Waals surface area contributed by atoms with Crippen LogP contribution in [-0.2, 0) is 15.1 Å². The van der Waals surface area contributed by atoms with E-state index in [0.717, 1.165) is 0 Å². The summed E-state index contributed by atoms with van der Waals surface area (Å²) in [6.45, 7) is 0.968. The summed E-state index contributed by atoms with van der Waals surface area (Å²) in [4.78, 5) is 10.7. The summed E-state index contributed by atoms with van der Waals surface area (Å²) >= 11 is 0. The third-order valence-corrected chi connectivity index (χ3v) is 2.47. The maximum absolute atomic E-state index is 10.7. The van der Waals surface area contributed by atoms with Crippen LogP contribution in [0.2, 0.25) is 0 Å². The molecule has 1 aliphatic rings. The van der Waals surface area contributed by atoms with E-state index in [2.05, 4.69) is 10.3 Å². The van der Waals surface area contributed by atoms with Crippen molar-refractivity contribution >= 4 is 5.97 Å². The van der Waals surface area contributed by atoms with Gasteiger partial charge in [0.2, 0.25) is 0 Å². The molecule has 0 saturated carbocycles. The highest BCUT2D eigenvalue weighted by molar-refractivity contribution is 5.68. The van der Waals surface area contributed by atoms with Crippen LogP contribution in [0.1, 0.15) is 12.8 Å². The van der Waals surface area contributed by atoms with Crippen LogP contribution in [0.15, 0.2) is 12.4 Å². The molecule has 0 radical (unpaired) electrons. The van der Waals surface area contributed by atoms with E-state index in [4.69, 9.17) is 9.84 Å². The molecule has 0 aliphatic carbocycles. The zero-order chi connectivity index (χ0) is 10.0. The summed E-state index contributed by atoms with van der Waals surface area (Å²) < 4.78 is 6.82. The standard InChI is InChI=1S/C8H11N3O3/c12-7(13)5-8(1-4-14-6-8)11-3-2-9-10-11/h2-3H,1,4-6H2,(H,12,13). The summed E-state index contributed by atoms with van der Waals surface area (Å²) in [6, 6.07) is 0. The van der Waals surface area contributed by atoms with Crippen LogP contribution in [-0.4, -0.2) is 39.3 Å².